The van der Waals surface area contributed by atoms with Gasteiger partial charge in [0.2, 0.25) is 0 Å². The Labute approximate surface area is 1220 Å². The summed E-state index contributed by atoms with van der Waals surface area (Å²) in [6.07, 6.45) is 0. The van der Waals surface area contributed by atoms with Crippen molar-refractivity contribution in [3.8, 4) is 0 Å². The largest absolute Gasteiger partial charge is 2.00 e. The normalized spacial score (nSPS) is 10.5. The van der Waals surface area contributed by atoms with Crippen molar-refractivity contribution in [3.05, 3.63) is 0 Å². The molecule has 800 valence electrons. The van der Waals surface area contributed by atoms with E-state index < -0.39 is 196 Å². The molecule has 0 saturated heterocycles. The minimum atomic E-state index is -5.39. The zero-order chi connectivity index (χ0) is 112. The van der Waals surface area contributed by atoms with Gasteiger partial charge in [-0.2, -0.15) is 78.2 Å². The molecule has 100 nitrogen and oxygen atoms in total. The molecular formula is H45Ca15O100P25. The second-order valence-electron chi connectivity index (χ2n) is 12.2. The summed E-state index contributed by atoms with van der Waals surface area (Å²) in [5.41, 5.74) is 0. The van der Waals surface area contributed by atoms with Gasteiger partial charge in [-0.1, -0.05) is 0 Å². The number of rotatable bonds is 0. The molecule has 0 saturated carbocycles. The Balaban J connectivity index is -0.0000000195. The summed E-state index contributed by atoms with van der Waals surface area (Å²) in [4.78, 5) is 580. The first-order chi connectivity index (χ1) is 50.0. The molecule has 0 fully saturated rings. The number of hydrogen-bond donors (Lipinski definition) is 45. The van der Waals surface area contributed by atoms with Crippen molar-refractivity contribution in [2.24, 2.45) is 0 Å². The molecule has 0 radical (unpaired) electrons. The van der Waals surface area contributed by atoms with Crippen molar-refractivity contribution >= 4 is 762 Å². The van der Waals surface area contributed by atoms with E-state index in [1.165, 1.54) is 0 Å². The fourth-order valence-electron chi connectivity index (χ4n) is 0. The zero-order valence-corrected chi connectivity index (χ0v) is 120. The third-order valence-electron chi connectivity index (χ3n) is 0. The van der Waals surface area contributed by atoms with E-state index in [1.807, 2.05) is 0 Å². The Morgan fingerprint density at radius 3 is 0.0714 bits per heavy atom. The summed E-state index contributed by atoms with van der Waals surface area (Å²) in [5.74, 6) is 0. The summed E-state index contributed by atoms with van der Waals surface area (Å²) >= 11 is 0. The minimum absolute atomic E-state index is 0. The van der Waals surface area contributed by atoms with E-state index >= 15 is 0 Å². The minimum Gasteiger partial charge on any atom is -0.822 e. The topological polar surface area (TPSA) is 2030 Å². The predicted molar refractivity (Wildman–Crippen MR) is 376 cm³/mol. The molecule has 0 spiro atoms. The van der Waals surface area contributed by atoms with E-state index in [0.29, 0.717) is 0 Å². The van der Waals surface area contributed by atoms with Gasteiger partial charge in [0, 0.05) is 0 Å². The molecule has 0 aliphatic heterocycles. The van der Waals surface area contributed by atoms with Gasteiger partial charge in [-0.25, -0.2) is 68.5 Å². The van der Waals surface area contributed by atoms with Gasteiger partial charge in [0.05, 0.1) is 0 Å². The van der Waals surface area contributed by atoms with Crippen LogP contribution in [-0.2, 0) is 114 Å². The van der Waals surface area contributed by atoms with Crippen LogP contribution in [0.4, 0.5) is 0 Å². The van der Waals surface area contributed by atoms with Gasteiger partial charge in [0.1, 0.15) is 0 Å². The van der Waals surface area contributed by atoms with Gasteiger partial charge in [0.25, 0.3) is 0 Å². The standard InChI is InChI=1S/15Ca.25H3O4P/c;;;;;;;;;;;;;;;25*1-5(2,3)4/h;;;;;;;;;;;;;;;25*(H3,1,2,3,4)/q15*+2;;;;;;;;;;;;;;;;;;;;;;;;;/p-30. The van der Waals surface area contributed by atoms with Crippen LogP contribution < -0.4 is 147 Å². The molecule has 0 aliphatic carbocycles. The van der Waals surface area contributed by atoms with E-state index in [9.17, 15) is 0 Å². The molecule has 0 aromatic rings. The van der Waals surface area contributed by atoms with Crippen LogP contribution in [0, 0.1) is 0 Å². The monoisotopic (exact) mass is 3020 g/mol. The van der Waals surface area contributed by atoms with Crippen molar-refractivity contribution in [1.82, 2.24) is 0 Å². The van der Waals surface area contributed by atoms with E-state index in [4.69, 9.17) is 481 Å². The Hall–Kier alpha value is 21.6. The van der Waals surface area contributed by atoms with Crippen LogP contribution in [0.1, 0.15) is 0 Å². The molecule has 0 aliphatic rings. The van der Waals surface area contributed by atoms with Gasteiger partial charge in [-0.3, -0.25) is 0 Å². The Morgan fingerprint density at radius 2 is 0.0714 bits per heavy atom. The predicted octanol–water partition coefficient (Wildman–Crippen LogP) is -47.9. The molecule has 0 unspecified atom stereocenters. The van der Waals surface area contributed by atoms with Crippen LogP contribution >= 0.6 is 196 Å². The van der Waals surface area contributed by atoms with Crippen LogP contribution in [0.3, 0.4) is 0 Å². The van der Waals surface area contributed by atoms with Crippen molar-refractivity contribution in [2.45, 2.75) is 0 Å². The maximum atomic E-state index is 8.88. The van der Waals surface area contributed by atoms with E-state index in [2.05, 4.69) is 0 Å². The Bertz CT molecular complexity index is 2470. The fourth-order valence-corrected chi connectivity index (χ4v) is 0. The van der Waals surface area contributed by atoms with Crippen LogP contribution in [0.25, 0.3) is 0 Å². The van der Waals surface area contributed by atoms with Crippen LogP contribution in [-0.4, -0.2) is 786 Å². The van der Waals surface area contributed by atoms with Gasteiger partial charge in [-0.15, -0.1) is 0 Å². The van der Waals surface area contributed by atoms with E-state index in [1.54, 1.807) is 0 Å². The SMILES string of the molecule is O=P(O)(O)O.O=P(O)(O)O.O=P(O)(O)O.O=P(O)(O)O.O=P(O)(O)O.O=P(O)(O)O.O=P(O)(O)O.O=P(O)(O)O.O=P(O)(O)O.O=P(O)(O)O.O=P(O)(O)O.O=P(O)(O)O.O=P(O)(O)O.O=P(O)(O)O.O=P(O)(O)O.O=P([O-])([O-])[O-].O=P([O-])([O-])[O-].O=P([O-])([O-])[O-].O=P([O-])([O-])[O-].O=P([O-])([O-])[O-].O=P([O-])([O-])[O-].O=P([O-])([O-])[O-].O=P([O-])([O-])[O-].O=P([O-])([O-])[O-].O=P([O-])([O-])[O-].[Ca+2].[Ca+2].[Ca+2].[Ca+2].[Ca+2].[Ca+2].[Ca+2].[Ca+2].[Ca+2].[Ca+2].[Ca+2].[Ca+2].[Ca+2].[Ca+2].[Ca+2]. The van der Waals surface area contributed by atoms with Crippen molar-refractivity contribution in [1.29, 1.82) is 0 Å². The van der Waals surface area contributed by atoms with Crippen LogP contribution in [0.5, 0.6) is 0 Å². The smallest absolute Gasteiger partial charge is 0.822 e. The second kappa shape index (κ2) is 139. The first-order valence-corrected chi connectivity index (χ1v) is 57.1. The summed E-state index contributed by atoms with van der Waals surface area (Å²) < 4.78 is 219. The van der Waals surface area contributed by atoms with Gasteiger partial charge >= 0.3 is 683 Å². The summed E-state index contributed by atoms with van der Waals surface area (Å²) in [7, 11) is -123. The molecule has 45 N–H and O–H groups in total. The Morgan fingerprint density at radius 1 is 0.0714 bits per heavy atom. The quantitative estimate of drug-likeness (QED) is 0.0791. The number of phosphoric acid groups is 25. The average molecular weight is 3020 g/mol. The van der Waals surface area contributed by atoms with Crippen LogP contribution in [0.2, 0.25) is 0 Å². The molecule has 0 rings (SSSR count). The molecule has 0 atom stereocenters. The molecular weight excluding hydrogens is 2980 g/mol. The van der Waals surface area contributed by atoms with Gasteiger partial charge < -0.3 is 413 Å². The van der Waals surface area contributed by atoms with Crippen LogP contribution in [0.15, 0.2) is 0 Å². The van der Waals surface area contributed by atoms with Crippen molar-refractivity contribution in [2.75, 3.05) is 0 Å². The summed E-state index contributed by atoms with van der Waals surface area (Å²) in [5, 5.41) is 0. The average Bonchev–Trinajstić information content (AvgIpc) is 3.03. The van der Waals surface area contributed by atoms with E-state index in [0.717, 1.165) is 0 Å². The first-order valence-electron chi connectivity index (χ1n) is 19.0. The summed E-state index contributed by atoms with van der Waals surface area (Å²) in [6, 6.07) is 0. The van der Waals surface area contributed by atoms with Crippen molar-refractivity contribution in [3.63, 3.8) is 0 Å². The fraction of sp³-hybridized carbons (Fsp3) is 0. The Kier molecular flexibility index (Phi) is 280. The van der Waals surface area contributed by atoms with Gasteiger partial charge in [0.15, 0.2) is 0 Å². The number of hydrogen-bond acceptors (Lipinski definition) is 55. The third kappa shape index (κ3) is 8580. The molecule has 0 amide bonds. The maximum Gasteiger partial charge on any atom is 2.00 e. The molecule has 0 aromatic heterocycles. The first kappa shape index (κ1) is 282. The molecule has 0 heterocycles. The maximum absolute atomic E-state index is 8.88. The molecule has 140 heteroatoms. The summed E-state index contributed by atoms with van der Waals surface area (Å²) in [6.45, 7) is 0. The third-order valence-corrected chi connectivity index (χ3v) is 0. The molecule has 0 bridgehead atoms. The molecule has 140 heavy (non-hydrogen) atoms. The van der Waals surface area contributed by atoms with Gasteiger partial charge in [-0.05, 0) is 0 Å². The second-order valence-corrected chi connectivity index (χ2v) is 36.5. The van der Waals surface area contributed by atoms with E-state index in [-0.39, 0.29) is 566 Å². The zero-order valence-electron chi connectivity index (χ0n) is 64.4. The van der Waals surface area contributed by atoms with Crippen molar-refractivity contribution < 1.29 is 481 Å². The molecule has 0 aromatic carbocycles.